The summed E-state index contributed by atoms with van der Waals surface area (Å²) in [5.41, 5.74) is 1.58. The van der Waals surface area contributed by atoms with Gasteiger partial charge in [0.25, 0.3) is 0 Å². The number of aromatic nitrogens is 2. The molecule has 3 rings (SSSR count). The highest BCUT2D eigenvalue weighted by atomic mass is 16.4. The quantitative estimate of drug-likeness (QED) is 0.890. The van der Waals surface area contributed by atoms with Gasteiger partial charge in [0.05, 0.1) is 13.0 Å². The van der Waals surface area contributed by atoms with Gasteiger partial charge in [0.2, 0.25) is 0 Å². The van der Waals surface area contributed by atoms with Gasteiger partial charge in [-0.15, -0.1) is 0 Å². The standard InChI is InChI=1S/C17H19N3O3/c1-12-4-2-3-5-14(12)17(23)6-7-20(10-17)16-13(8-15(21)22)9-18-11-19-16/h2-5,9,11,23H,6-8,10H2,1H3,(H,21,22)/t17-/m1/s1. The second-order valence-corrected chi connectivity index (χ2v) is 5.96. The minimum absolute atomic E-state index is 0.129. The van der Waals surface area contributed by atoms with E-state index >= 15 is 0 Å². The van der Waals surface area contributed by atoms with E-state index in [1.54, 1.807) is 0 Å². The smallest absolute Gasteiger partial charge is 0.308 e. The summed E-state index contributed by atoms with van der Waals surface area (Å²) in [6.45, 7) is 2.99. The van der Waals surface area contributed by atoms with Gasteiger partial charge in [-0.25, -0.2) is 9.97 Å². The maximum absolute atomic E-state index is 11.0. The molecule has 0 bridgehead atoms. The van der Waals surface area contributed by atoms with Crippen LogP contribution in [0.2, 0.25) is 0 Å². The van der Waals surface area contributed by atoms with Crippen LogP contribution >= 0.6 is 0 Å². The van der Waals surface area contributed by atoms with Crippen LogP contribution in [0.4, 0.5) is 5.82 Å². The van der Waals surface area contributed by atoms with Gasteiger partial charge in [-0.3, -0.25) is 4.79 Å². The Morgan fingerprint density at radius 1 is 1.39 bits per heavy atom. The summed E-state index contributed by atoms with van der Waals surface area (Å²) < 4.78 is 0. The van der Waals surface area contributed by atoms with Crippen molar-refractivity contribution in [2.75, 3.05) is 18.0 Å². The average Bonchev–Trinajstić information content (AvgIpc) is 2.91. The van der Waals surface area contributed by atoms with Crippen molar-refractivity contribution in [2.24, 2.45) is 0 Å². The number of β-amino-alcohol motifs (C(OH)–C–C–N with tert-alkyl or cyclic N) is 1. The van der Waals surface area contributed by atoms with Crippen molar-refractivity contribution in [1.82, 2.24) is 9.97 Å². The molecule has 1 aliphatic rings. The SMILES string of the molecule is Cc1ccccc1[C@@]1(O)CCN(c2ncncc2CC(=O)O)C1. The summed E-state index contributed by atoms with van der Waals surface area (Å²) in [5.74, 6) is -0.332. The largest absolute Gasteiger partial charge is 0.481 e. The number of carboxylic acids is 1. The molecule has 6 nitrogen and oxygen atoms in total. The molecular weight excluding hydrogens is 294 g/mol. The Morgan fingerprint density at radius 3 is 2.91 bits per heavy atom. The number of carboxylic acid groups (broad SMARTS) is 1. The van der Waals surface area contributed by atoms with Gasteiger partial charge in [0.15, 0.2) is 0 Å². The number of carbonyl (C=O) groups is 1. The van der Waals surface area contributed by atoms with E-state index in [0.717, 1.165) is 11.1 Å². The molecule has 1 atom stereocenters. The highest BCUT2D eigenvalue weighted by Gasteiger charge is 2.39. The molecule has 120 valence electrons. The first-order valence-electron chi connectivity index (χ1n) is 7.54. The summed E-state index contributed by atoms with van der Waals surface area (Å²) in [5, 5.41) is 20.1. The Balaban J connectivity index is 1.88. The molecular formula is C17H19N3O3. The monoisotopic (exact) mass is 313 g/mol. The average molecular weight is 313 g/mol. The molecule has 2 N–H and O–H groups in total. The summed E-state index contributed by atoms with van der Waals surface area (Å²) in [6.07, 6.45) is 3.39. The molecule has 1 aliphatic heterocycles. The summed E-state index contributed by atoms with van der Waals surface area (Å²) in [6, 6.07) is 7.79. The van der Waals surface area contributed by atoms with Crippen molar-refractivity contribution in [2.45, 2.75) is 25.4 Å². The maximum atomic E-state index is 11.0. The minimum Gasteiger partial charge on any atom is -0.481 e. The fourth-order valence-electron chi connectivity index (χ4n) is 3.21. The molecule has 2 heterocycles. The lowest BCUT2D eigenvalue weighted by Crippen LogP contribution is -2.32. The topological polar surface area (TPSA) is 86.5 Å². The van der Waals surface area contributed by atoms with E-state index in [4.69, 9.17) is 5.11 Å². The molecule has 0 radical (unpaired) electrons. The van der Waals surface area contributed by atoms with Crippen molar-refractivity contribution in [3.8, 4) is 0 Å². The van der Waals surface area contributed by atoms with Gasteiger partial charge in [-0.05, 0) is 24.5 Å². The highest BCUT2D eigenvalue weighted by molar-refractivity contribution is 5.72. The van der Waals surface area contributed by atoms with Crippen LogP contribution < -0.4 is 4.90 Å². The van der Waals surface area contributed by atoms with Crippen molar-refractivity contribution >= 4 is 11.8 Å². The third-order valence-corrected chi connectivity index (χ3v) is 4.30. The Hall–Kier alpha value is -2.47. The molecule has 1 aromatic carbocycles. The predicted octanol–water partition coefficient (Wildman–Crippen LogP) is 1.51. The fourth-order valence-corrected chi connectivity index (χ4v) is 3.21. The van der Waals surface area contributed by atoms with Crippen LogP contribution in [0.15, 0.2) is 36.8 Å². The number of nitrogens with zero attached hydrogens (tertiary/aromatic N) is 3. The Bertz CT molecular complexity index is 735. The molecule has 2 aromatic rings. The number of benzene rings is 1. The first-order chi connectivity index (χ1) is 11.0. The summed E-state index contributed by atoms with van der Waals surface area (Å²) >= 11 is 0. The fraction of sp³-hybridized carbons (Fsp3) is 0.353. The van der Waals surface area contributed by atoms with E-state index in [0.29, 0.717) is 30.9 Å². The molecule has 0 aliphatic carbocycles. The number of aliphatic carboxylic acids is 1. The third-order valence-electron chi connectivity index (χ3n) is 4.30. The molecule has 6 heteroatoms. The second kappa shape index (κ2) is 5.96. The molecule has 0 saturated carbocycles. The molecule has 1 fully saturated rings. The molecule has 0 spiro atoms. The van der Waals surface area contributed by atoms with Crippen LogP contribution in [0.1, 0.15) is 23.1 Å². The van der Waals surface area contributed by atoms with Gasteiger partial charge in [-0.1, -0.05) is 24.3 Å². The van der Waals surface area contributed by atoms with E-state index in [9.17, 15) is 9.90 Å². The second-order valence-electron chi connectivity index (χ2n) is 5.96. The van der Waals surface area contributed by atoms with Gasteiger partial charge >= 0.3 is 5.97 Å². The number of aryl methyl sites for hydroxylation is 1. The molecule has 0 unspecified atom stereocenters. The van der Waals surface area contributed by atoms with E-state index in [-0.39, 0.29) is 6.42 Å². The first kappa shape index (κ1) is 15.4. The van der Waals surface area contributed by atoms with Crippen LogP contribution in [0, 0.1) is 6.92 Å². The summed E-state index contributed by atoms with van der Waals surface area (Å²) in [4.78, 5) is 21.1. The van der Waals surface area contributed by atoms with E-state index < -0.39 is 11.6 Å². The van der Waals surface area contributed by atoms with Crippen molar-refractivity contribution < 1.29 is 15.0 Å². The van der Waals surface area contributed by atoms with Crippen LogP contribution in [-0.4, -0.2) is 39.2 Å². The van der Waals surface area contributed by atoms with Crippen molar-refractivity contribution in [1.29, 1.82) is 0 Å². The molecule has 1 saturated heterocycles. The molecule has 1 aromatic heterocycles. The summed E-state index contributed by atoms with van der Waals surface area (Å²) in [7, 11) is 0. The normalized spacial score (nSPS) is 20.7. The predicted molar refractivity (Wildman–Crippen MR) is 85.3 cm³/mol. The Kier molecular flexibility index (Phi) is 4.00. The van der Waals surface area contributed by atoms with Gasteiger partial charge in [0.1, 0.15) is 17.7 Å². The first-order valence-corrected chi connectivity index (χ1v) is 7.54. The van der Waals surface area contributed by atoms with Crippen molar-refractivity contribution in [3.05, 3.63) is 53.5 Å². The van der Waals surface area contributed by atoms with Crippen molar-refractivity contribution in [3.63, 3.8) is 0 Å². The van der Waals surface area contributed by atoms with E-state index in [1.165, 1.54) is 12.5 Å². The minimum atomic E-state index is -0.948. The Labute approximate surface area is 134 Å². The third kappa shape index (κ3) is 3.03. The van der Waals surface area contributed by atoms with Gasteiger partial charge in [0, 0.05) is 18.3 Å². The van der Waals surface area contributed by atoms with Gasteiger partial charge in [-0.2, -0.15) is 0 Å². The number of hydrogen-bond acceptors (Lipinski definition) is 5. The van der Waals surface area contributed by atoms with Gasteiger partial charge < -0.3 is 15.1 Å². The zero-order valence-corrected chi connectivity index (χ0v) is 12.9. The Morgan fingerprint density at radius 2 is 2.17 bits per heavy atom. The number of anilines is 1. The highest BCUT2D eigenvalue weighted by Crippen LogP contribution is 2.36. The van der Waals surface area contributed by atoms with E-state index in [2.05, 4.69) is 9.97 Å². The number of rotatable bonds is 4. The lowest BCUT2D eigenvalue weighted by molar-refractivity contribution is -0.136. The maximum Gasteiger partial charge on any atom is 0.308 e. The van der Waals surface area contributed by atoms with Crippen LogP contribution in [-0.2, 0) is 16.8 Å². The zero-order valence-electron chi connectivity index (χ0n) is 12.9. The zero-order chi connectivity index (χ0) is 16.4. The number of aliphatic hydroxyl groups is 1. The molecule has 23 heavy (non-hydrogen) atoms. The number of hydrogen-bond donors (Lipinski definition) is 2. The lowest BCUT2D eigenvalue weighted by atomic mass is 9.89. The van der Waals surface area contributed by atoms with Crippen LogP contribution in [0.5, 0.6) is 0 Å². The molecule has 0 amide bonds. The van der Waals surface area contributed by atoms with E-state index in [1.807, 2.05) is 36.1 Å². The van der Waals surface area contributed by atoms with Crippen LogP contribution in [0.3, 0.4) is 0 Å². The lowest BCUT2D eigenvalue weighted by Gasteiger charge is -2.26. The van der Waals surface area contributed by atoms with Crippen LogP contribution in [0.25, 0.3) is 0 Å².